The van der Waals surface area contributed by atoms with E-state index in [0.29, 0.717) is 12.5 Å². The number of benzene rings is 2. The quantitative estimate of drug-likeness (QED) is 0.402. The summed E-state index contributed by atoms with van der Waals surface area (Å²) in [4.78, 5) is 24.0. The Morgan fingerprint density at radius 2 is 1.91 bits per heavy atom. The lowest BCUT2D eigenvalue weighted by atomic mass is 9.78. The first kappa shape index (κ1) is 19.7. The Morgan fingerprint density at radius 1 is 1.06 bits per heavy atom. The third-order valence-corrected chi connectivity index (χ3v) is 8.34. The lowest BCUT2D eigenvalue weighted by molar-refractivity contribution is -0.136. The lowest BCUT2D eigenvalue weighted by Crippen LogP contribution is -2.41. The van der Waals surface area contributed by atoms with Crippen molar-refractivity contribution in [3.8, 4) is 0 Å². The van der Waals surface area contributed by atoms with Gasteiger partial charge in [-0.15, -0.1) is 11.3 Å². The summed E-state index contributed by atoms with van der Waals surface area (Å²) in [5.74, 6) is 0.642. The van der Waals surface area contributed by atoms with Gasteiger partial charge < -0.3 is 9.88 Å². The molecular weight excluding hydrogens is 414 g/mol. The van der Waals surface area contributed by atoms with Crippen LogP contribution in [0.1, 0.15) is 48.6 Å². The molecule has 1 fully saturated rings. The molecule has 0 unspecified atom stereocenters. The number of amides is 1. The van der Waals surface area contributed by atoms with Crippen LogP contribution in [0.4, 0.5) is 0 Å². The number of fused-ring (bicyclic) bond motifs is 2. The molecule has 0 radical (unpaired) electrons. The molecule has 2 aromatic heterocycles. The molecule has 4 nitrogen and oxygen atoms in total. The second-order valence-electron chi connectivity index (χ2n) is 9.03. The zero-order valence-corrected chi connectivity index (χ0v) is 18.9. The molecule has 6 rings (SSSR count). The second-order valence-corrected chi connectivity index (χ2v) is 10.1. The van der Waals surface area contributed by atoms with Gasteiger partial charge in [-0.2, -0.15) is 0 Å². The molecular formula is C27H27N3OS. The first-order valence-electron chi connectivity index (χ1n) is 11.7. The summed E-state index contributed by atoms with van der Waals surface area (Å²) in [6.45, 7) is 1.50. The Labute approximate surface area is 192 Å². The highest BCUT2D eigenvalue weighted by Crippen LogP contribution is 2.42. The highest BCUT2D eigenvalue weighted by molar-refractivity contribution is 7.18. The number of H-pyrrole nitrogens is 1. The normalized spacial score (nSPS) is 21.8. The number of rotatable bonds is 3. The number of para-hydroxylation sites is 2. The van der Waals surface area contributed by atoms with Crippen molar-refractivity contribution in [1.82, 2.24) is 14.9 Å². The molecule has 1 amide bonds. The molecule has 2 aliphatic rings. The molecule has 1 saturated carbocycles. The molecule has 0 spiro atoms. The van der Waals surface area contributed by atoms with Crippen LogP contribution in [-0.2, 0) is 4.79 Å². The molecule has 4 aromatic rings. The summed E-state index contributed by atoms with van der Waals surface area (Å²) in [7, 11) is 0. The van der Waals surface area contributed by atoms with Crippen molar-refractivity contribution < 1.29 is 4.79 Å². The third kappa shape index (κ3) is 3.45. The van der Waals surface area contributed by atoms with Gasteiger partial charge >= 0.3 is 0 Å². The summed E-state index contributed by atoms with van der Waals surface area (Å²) in [6.07, 6.45) is 9.66. The number of hydrogen-bond acceptors (Lipinski definition) is 3. The number of hydrogen-bond donors (Lipinski definition) is 1. The van der Waals surface area contributed by atoms with Crippen LogP contribution in [0.2, 0.25) is 0 Å². The Kier molecular flexibility index (Phi) is 5.07. The molecule has 1 aliphatic heterocycles. The maximum atomic E-state index is 13.6. The van der Waals surface area contributed by atoms with Gasteiger partial charge in [0.1, 0.15) is 0 Å². The van der Waals surface area contributed by atoms with Crippen molar-refractivity contribution in [3.63, 3.8) is 0 Å². The summed E-state index contributed by atoms with van der Waals surface area (Å²) >= 11 is 1.77. The van der Waals surface area contributed by atoms with E-state index < -0.39 is 0 Å². The summed E-state index contributed by atoms with van der Waals surface area (Å²) in [6, 6.07) is 16.8. The Hall–Kier alpha value is -2.92. The van der Waals surface area contributed by atoms with Gasteiger partial charge in [-0.3, -0.25) is 4.79 Å². The number of aromatic amines is 1. The maximum Gasteiger partial charge on any atom is 0.226 e. The first-order chi connectivity index (χ1) is 15.8. The molecule has 0 saturated heterocycles. The standard InChI is InChI=1S/C27H27N3OS/c31-27(21-9-2-1-8-20(21)26-29-24-11-5-6-12-25(24)32-26)30-15-13-18(14-16-30)22-17-28-23-10-4-3-7-19(22)23/h3-7,10-13,17,20-21,28H,1-2,8-9,14-16H2/t20-,21-/m1/s1. The van der Waals surface area contributed by atoms with Crippen LogP contribution >= 0.6 is 11.3 Å². The maximum absolute atomic E-state index is 13.6. The van der Waals surface area contributed by atoms with E-state index in [4.69, 9.17) is 4.98 Å². The summed E-state index contributed by atoms with van der Waals surface area (Å²) in [5.41, 5.74) is 4.85. The fourth-order valence-electron chi connectivity index (χ4n) is 5.46. The van der Waals surface area contributed by atoms with Crippen molar-refractivity contribution >= 4 is 43.9 Å². The zero-order chi connectivity index (χ0) is 21.5. The molecule has 3 heterocycles. The van der Waals surface area contributed by atoms with Crippen molar-refractivity contribution in [2.75, 3.05) is 13.1 Å². The molecule has 32 heavy (non-hydrogen) atoms. The number of carbonyl (C=O) groups is 1. The van der Waals surface area contributed by atoms with Gasteiger partial charge in [0, 0.05) is 47.6 Å². The van der Waals surface area contributed by atoms with Crippen LogP contribution in [0.15, 0.2) is 60.8 Å². The van der Waals surface area contributed by atoms with Gasteiger partial charge in [0.2, 0.25) is 5.91 Å². The Balaban J connectivity index is 1.22. The highest BCUT2D eigenvalue weighted by atomic mass is 32.1. The summed E-state index contributed by atoms with van der Waals surface area (Å²) in [5, 5.41) is 2.41. The van der Waals surface area contributed by atoms with E-state index >= 15 is 0 Å². The summed E-state index contributed by atoms with van der Waals surface area (Å²) < 4.78 is 1.23. The van der Waals surface area contributed by atoms with E-state index in [-0.39, 0.29) is 11.8 Å². The predicted octanol–water partition coefficient (Wildman–Crippen LogP) is 6.37. The van der Waals surface area contributed by atoms with Gasteiger partial charge in [-0.25, -0.2) is 4.98 Å². The van der Waals surface area contributed by atoms with Gasteiger partial charge in [0.15, 0.2) is 0 Å². The number of aromatic nitrogens is 2. The van der Waals surface area contributed by atoms with Crippen molar-refractivity contribution in [2.45, 2.75) is 38.0 Å². The van der Waals surface area contributed by atoms with Crippen molar-refractivity contribution in [1.29, 1.82) is 0 Å². The van der Waals surface area contributed by atoms with Crippen LogP contribution < -0.4 is 0 Å². The van der Waals surface area contributed by atoms with E-state index in [2.05, 4.69) is 64.6 Å². The lowest BCUT2D eigenvalue weighted by Gasteiger charge is -2.35. The minimum atomic E-state index is 0.0624. The second kappa shape index (κ2) is 8.21. The van der Waals surface area contributed by atoms with E-state index in [1.165, 1.54) is 33.2 Å². The fourth-order valence-corrected chi connectivity index (χ4v) is 6.62. The van der Waals surface area contributed by atoms with Gasteiger partial charge in [0.05, 0.1) is 15.2 Å². The average molecular weight is 442 g/mol. The average Bonchev–Trinajstić information content (AvgIpc) is 3.48. The van der Waals surface area contributed by atoms with E-state index in [0.717, 1.165) is 42.8 Å². The zero-order valence-electron chi connectivity index (χ0n) is 18.1. The fraction of sp³-hybridized carbons (Fsp3) is 0.333. The number of nitrogens with zero attached hydrogens (tertiary/aromatic N) is 2. The molecule has 0 bridgehead atoms. The monoisotopic (exact) mass is 441 g/mol. The Morgan fingerprint density at radius 3 is 2.78 bits per heavy atom. The highest BCUT2D eigenvalue weighted by Gasteiger charge is 2.36. The van der Waals surface area contributed by atoms with Gasteiger partial charge in [0.25, 0.3) is 0 Å². The third-order valence-electron chi connectivity index (χ3n) is 7.17. The van der Waals surface area contributed by atoms with E-state index in [1.54, 1.807) is 11.3 Å². The van der Waals surface area contributed by atoms with Crippen molar-refractivity contribution in [3.05, 3.63) is 71.4 Å². The minimum absolute atomic E-state index is 0.0624. The van der Waals surface area contributed by atoms with E-state index in [1.807, 2.05) is 6.07 Å². The topological polar surface area (TPSA) is 49.0 Å². The van der Waals surface area contributed by atoms with E-state index in [9.17, 15) is 4.79 Å². The van der Waals surface area contributed by atoms with Crippen LogP contribution in [0, 0.1) is 5.92 Å². The van der Waals surface area contributed by atoms with Gasteiger partial charge in [-0.1, -0.05) is 49.2 Å². The minimum Gasteiger partial charge on any atom is -0.361 e. The molecule has 5 heteroatoms. The van der Waals surface area contributed by atoms with Crippen molar-refractivity contribution in [2.24, 2.45) is 5.92 Å². The van der Waals surface area contributed by atoms with Gasteiger partial charge in [-0.05, 0) is 43.0 Å². The largest absolute Gasteiger partial charge is 0.361 e. The predicted molar refractivity (Wildman–Crippen MR) is 132 cm³/mol. The number of thiazole rings is 1. The molecule has 2 atom stereocenters. The smallest absolute Gasteiger partial charge is 0.226 e. The van der Waals surface area contributed by atoms with Crippen LogP contribution in [0.3, 0.4) is 0 Å². The first-order valence-corrected chi connectivity index (χ1v) is 12.5. The number of carbonyl (C=O) groups excluding carboxylic acids is 1. The van der Waals surface area contributed by atoms with Crippen LogP contribution in [-0.4, -0.2) is 33.9 Å². The number of nitrogens with one attached hydrogen (secondary N) is 1. The molecule has 2 aromatic carbocycles. The van der Waals surface area contributed by atoms with Crippen LogP contribution in [0.5, 0.6) is 0 Å². The SMILES string of the molecule is O=C([C@@H]1CCCC[C@H]1c1nc2ccccc2s1)N1CC=C(c2c[nH]c3ccccc23)CC1. The molecule has 1 aliphatic carbocycles. The Bertz CT molecular complexity index is 1280. The molecule has 162 valence electrons. The van der Waals surface area contributed by atoms with Crippen LogP contribution in [0.25, 0.3) is 26.7 Å². The molecule has 1 N–H and O–H groups in total.